The maximum absolute atomic E-state index is 11.9. The second-order valence-corrected chi connectivity index (χ2v) is 8.48. The summed E-state index contributed by atoms with van der Waals surface area (Å²) in [6.07, 6.45) is -7.42. The van der Waals surface area contributed by atoms with Gasteiger partial charge in [0.2, 0.25) is 6.29 Å². The van der Waals surface area contributed by atoms with Crippen molar-refractivity contribution in [1.82, 2.24) is 10.2 Å². The predicted octanol–water partition coefficient (Wildman–Crippen LogP) is 0.0974. The van der Waals surface area contributed by atoms with E-state index in [4.69, 9.17) is 18.9 Å². The van der Waals surface area contributed by atoms with Crippen LogP contribution in [0.5, 0.6) is 23.0 Å². The predicted molar refractivity (Wildman–Crippen MR) is 123 cm³/mol. The number of phenolic OH excluding ortho intramolecular Hbond substituents is 1. The van der Waals surface area contributed by atoms with Crippen molar-refractivity contribution in [2.24, 2.45) is 0 Å². The van der Waals surface area contributed by atoms with E-state index in [0.29, 0.717) is 30.3 Å². The third-order valence-electron chi connectivity index (χ3n) is 6.14. The minimum atomic E-state index is -1.63. The number of benzene rings is 2. The molecule has 13 nitrogen and oxygen atoms in total. The lowest BCUT2D eigenvalue weighted by molar-refractivity contribution is -0.277. The van der Waals surface area contributed by atoms with Gasteiger partial charge < -0.3 is 49.6 Å². The molecule has 0 spiro atoms. The van der Waals surface area contributed by atoms with Gasteiger partial charge in [-0.25, -0.2) is 4.79 Å². The SMILES string of the molecule is O=C(O)c1[nH]nc(-c2ccc(O[C@@H]3O[C@@H](CO)[C@@H](O)[C@@H](O)[C@H]3O)cc2O)c1-c1ccc2c(c1)OCCO2. The zero-order valence-corrected chi connectivity index (χ0v) is 19.1. The third-order valence-corrected chi connectivity index (χ3v) is 6.14. The smallest absolute Gasteiger partial charge is 0.354 e. The third kappa shape index (κ3) is 4.54. The maximum atomic E-state index is 11.9. The van der Waals surface area contributed by atoms with Gasteiger partial charge >= 0.3 is 5.97 Å². The van der Waals surface area contributed by atoms with E-state index in [9.17, 15) is 35.4 Å². The summed E-state index contributed by atoms with van der Waals surface area (Å²) in [5.74, 6) is -0.593. The van der Waals surface area contributed by atoms with Crippen molar-refractivity contribution in [3.05, 3.63) is 42.1 Å². The summed E-state index contributed by atoms with van der Waals surface area (Å²) in [5, 5.41) is 66.5. The Kier molecular flexibility index (Phi) is 6.62. The molecule has 0 aliphatic carbocycles. The van der Waals surface area contributed by atoms with Gasteiger partial charge in [-0.15, -0.1) is 0 Å². The van der Waals surface area contributed by atoms with Crippen LogP contribution in [0.15, 0.2) is 36.4 Å². The Bertz CT molecular complexity index is 1310. The van der Waals surface area contributed by atoms with Crippen molar-refractivity contribution in [3.8, 4) is 45.4 Å². The highest BCUT2D eigenvalue weighted by atomic mass is 16.7. The molecule has 0 radical (unpaired) electrons. The lowest BCUT2D eigenvalue weighted by Crippen LogP contribution is -2.60. The van der Waals surface area contributed by atoms with E-state index in [1.807, 2.05) is 0 Å². The highest BCUT2D eigenvalue weighted by Gasteiger charge is 2.44. The summed E-state index contributed by atoms with van der Waals surface area (Å²) < 4.78 is 22.0. The molecular weight excluding hydrogens is 492 g/mol. The number of carbonyl (C=O) groups is 1. The number of hydrogen-bond acceptors (Lipinski definition) is 11. The summed E-state index contributed by atoms with van der Waals surface area (Å²) in [6, 6.07) is 8.98. The molecular formula is C24H24N2O11. The van der Waals surface area contributed by atoms with Crippen molar-refractivity contribution >= 4 is 5.97 Å². The van der Waals surface area contributed by atoms with Crippen molar-refractivity contribution in [1.29, 1.82) is 0 Å². The summed E-state index contributed by atoms with van der Waals surface area (Å²) in [4.78, 5) is 11.9. The molecule has 0 unspecified atom stereocenters. The van der Waals surface area contributed by atoms with Crippen LogP contribution < -0.4 is 14.2 Å². The molecule has 0 bridgehead atoms. The average Bonchev–Trinajstić information content (AvgIpc) is 3.34. The molecule has 13 heteroatoms. The minimum absolute atomic E-state index is 0.0282. The van der Waals surface area contributed by atoms with Crippen LogP contribution in [0, 0.1) is 0 Å². The van der Waals surface area contributed by atoms with E-state index in [1.165, 1.54) is 18.2 Å². The van der Waals surface area contributed by atoms with E-state index in [-0.39, 0.29) is 34.0 Å². The molecule has 1 saturated heterocycles. The van der Waals surface area contributed by atoms with Crippen molar-refractivity contribution in [2.75, 3.05) is 19.8 Å². The fourth-order valence-corrected chi connectivity index (χ4v) is 4.26. The number of aromatic hydroxyl groups is 1. The highest BCUT2D eigenvalue weighted by molar-refractivity contribution is 5.99. The summed E-state index contributed by atoms with van der Waals surface area (Å²) in [6.45, 7) is 0.120. The number of H-pyrrole nitrogens is 1. The van der Waals surface area contributed by atoms with Crippen molar-refractivity contribution in [3.63, 3.8) is 0 Å². The van der Waals surface area contributed by atoms with Gasteiger partial charge in [0.15, 0.2) is 17.2 Å². The number of nitrogens with zero attached hydrogens (tertiary/aromatic N) is 1. The average molecular weight is 516 g/mol. The van der Waals surface area contributed by atoms with E-state index >= 15 is 0 Å². The Morgan fingerprint density at radius 3 is 2.49 bits per heavy atom. The Balaban J connectivity index is 1.47. The van der Waals surface area contributed by atoms with Gasteiger partial charge in [0.25, 0.3) is 0 Å². The number of aromatic amines is 1. The van der Waals surface area contributed by atoms with Gasteiger partial charge in [0.1, 0.15) is 54.8 Å². The van der Waals surface area contributed by atoms with Crippen LogP contribution in [0.3, 0.4) is 0 Å². The number of aliphatic hydroxyl groups excluding tert-OH is 4. The molecule has 2 aromatic carbocycles. The number of aromatic carboxylic acids is 1. The van der Waals surface area contributed by atoms with Gasteiger partial charge in [-0.05, 0) is 29.8 Å². The van der Waals surface area contributed by atoms with Gasteiger partial charge in [0.05, 0.1) is 6.61 Å². The van der Waals surface area contributed by atoms with Crippen LogP contribution in [-0.4, -0.2) is 97.3 Å². The first-order chi connectivity index (χ1) is 17.8. The molecule has 37 heavy (non-hydrogen) atoms. The fraction of sp³-hybridized carbons (Fsp3) is 0.333. The Hall–Kier alpha value is -3.88. The van der Waals surface area contributed by atoms with Crippen molar-refractivity contribution in [2.45, 2.75) is 30.7 Å². The van der Waals surface area contributed by atoms with Crippen LogP contribution in [-0.2, 0) is 4.74 Å². The first-order valence-corrected chi connectivity index (χ1v) is 11.3. The normalized spacial score (nSPS) is 25.0. The van der Waals surface area contributed by atoms with Crippen LogP contribution in [0.2, 0.25) is 0 Å². The van der Waals surface area contributed by atoms with E-state index < -0.39 is 43.3 Å². The van der Waals surface area contributed by atoms with E-state index in [2.05, 4.69) is 10.2 Å². The van der Waals surface area contributed by atoms with Crippen LogP contribution in [0.25, 0.3) is 22.4 Å². The molecule has 1 aromatic heterocycles. The number of carboxylic acids is 1. The standard InChI is InChI=1S/C24H24N2O11/c27-9-16-20(29)21(30)22(31)24(37-16)36-11-2-3-12(13(28)8-11)18-17(19(23(32)33)26-25-18)10-1-4-14-15(7-10)35-6-5-34-14/h1-4,7-8,16,20-22,24,27-31H,5-6,9H2,(H,25,26)(H,32,33)/t16-,20+,21+,22+,24+/m0/s1. The number of aliphatic hydroxyl groups is 4. The number of ether oxygens (including phenoxy) is 4. The van der Waals surface area contributed by atoms with Gasteiger partial charge in [0, 0.05) is 17.2 Å². The molecule has 3 aromatic rings. The minimum Gasteiger partial charge on any atom is -0.507 e. The maximum Gasteiger partial charge on any atom is 0.354 e. The quantitative estimate of drug-likeness (QED) is 0.233. The molecule has 7 N–H and O–H groups in total. The molecule has 5 rings (SSSR count). The van der Waals surface area contributed by atoms with Gasteiger partial charge in [-0.1, -0.05) is 6.07 Å². The largest absolute Gasteiger partial charge is 0.507 e. The Morgan fingerprint density at radius 2 is 1.78 bits per heavy atom. The molecule has 3 heterocycles. The summed E-state index contributed by atoms with van der Waals surface area (Å²) >= 11 is 0. The molecule has 2 aliphatic rings. The first kappa shape index (κ1) is 24.8. The van der Waals surface area contributed by atoms with Crippen LogP contribution >= 0.6 is 0 Å². The number of carboxylic acid groups (broad SMARTS) is 1. The Morgan fingerprint density at radius 1 is 1.03 bits per heavy atom. The zero-order chi connectivity index (χ0) is 26.3. The molecule has 5 atom stereocenters. The number of rotatable bonds is 6. The number of nitrogens with one attached hydrogen (secondary N) is 1. The first-order valence-electron chi connectivity index (χ1n) is 11.3. The highest BCUT2D eigenvalue weighted by Crippen LogP contribution is 2.42. The lowest BCUT2D eigenvalue weighted by atomic mass is 9.97. The molecule has 196 valence electrons. The Labute approximate surface area is 209 Å². The van der Waals surface area contributed by atoms with Crippen molar-refractivity contribution < 1.29 is 54.4 Å². The van der Waals surface area contributed by atoms with E-state index in [0.717, 1.165) is 0 Å². The van der Waals surface area contributed by atoms with Gasteiger partial charge in [-0.3, -0.25) is 5.10 Å². The topological polar surface area (TPSA) is 204 Å². The lowest BCUT2D eigenvalue weighted by Gasteiger charge is -2.39. The molecule has 0 amide bonds. The molecule has 0 saturated carbocycles. The molecule has 2 aliphatic heterocycles. The van der Waals surface area contributed by atoms with Crippen LogP contribution in [0.1, 0.15) is 10.5 Å². The number of hydrogen-bond donors (Lipinski definition) is 7. The second-order valence-electron chi connectivity index (χ2n) is 8.48. The van der Waals surface area contributed by atoms with E-state index in [1.54, 1.807) is 18.2 Å². The number of fused-ring (bicyclic) bond motifs is 1. The summed E-state index contributed by atoms with van der Waals surface area (Å²) in [7, 11) is 0. The second kappa shape index (κ2) is 9.88. The van der Waals surface area contributed by atoms with Gasteiger partial charge in [-0.2, -0.15) is 5.10 Å². The monoisotopic (exact) mass is 516 g/mol. The fourth-order valence-electron chi connectivity index (χ4n) is 4.26. The molecule has 1 fully saturated rings. The number of phenols is 1. The zero-order valence-electron chi connectivity index (χ0n) is 19.1. The summed E-state index contributed by atoms with van der Waals surface area (Å²) in [5.41, 5.74) is 0.794. The number of aromatic nitrogens is 2. The van der Waals surface area contributed by atoms with Crippen LogP contribution in [0.4, 0.5) is 0 Å².